The third-order valence-electron chi connectivity index (χ3n) is 5.86. The highest BCUT2D eigenvalue weighted by Crippen LogP contribution is 2.49. The number of nitrogens with zero attached hydrogens (tertiary/aromatic N) is 4. The Balaban J connectivity index is 1.61. The number of aliphatic imine (C=N–C) groups is 1. The number of halogens is 3. The van der Waals surface area contributed by atoms with Crippen molar-refractivity contribution < 1.29 is 13.2 Å². The van der Waals surface area contributed by atoms with Crippen LogP contribution >= 0.6 is 11.8 Å². The lowest BCUT2D eigenvalue weighted by atomic mass is 9.99. The summed E-state index contributed by atoms with van der Waals surface area (Å²) in [5, 5.41) is 0.990. The summed E-state index contributed by atoms with van der Waals surface area (Å²) in [5.41, 5.74) is 1.61. The van der Waals surface area contributed by atoms with Gasteiger partial charge in [-0.05, 0) is 48.9 Å². The minimum Gasteiger partial charge on any atom is -0.337 e. The van der Waals surface area contributed by atoms with Crippen LogP contribution in [-0.4, -0.2) is 31.4 Å². The molecule has 5 rings (SSSR count). The second kappa shape index (κ2) is 7.75. The molecule has 0 aliphatic carbocycles. The molecule has 4 heterocycles. The Labute approximate surface area is 182 Å². The molecule has 0 spiro atoms. The first-order valence-electron chi connectivity index (χ1n) is 10.2. The highest BCUT2D eigenvalue weighted by molar-refractivity contribution is 8.14. The molecule has 0 saturated carbocycles. The van der Waals surface area contributed by atoms with Crippen LogP contribution in [0.15, 0.2) is 72.0 Å². The molecular formula is C23H21F3N4S. The zero-order chi connectivity index (χ0) is 21.6. The van der Waals surface area contributed by atoms with Crippen LogP contribution in [0.2, 0.25) is 0 Å². The molecule has 2 aliphatic heterocycles. The molecular weight excluding hydrogens is 421 g/mol. The van der Waals surface area contributed by atoms with Gasteiger partial charge >= 0.3 is 6.18 Å². The summed E-state index contributed by atoms with van der Waals surface area (Å²) in [6.45, 7) is 2.16. The topological polar surface area (TPSA) is 33.4 Å². The number of alkyl halides is 3. The first-order valence-corrected chi connectivity index (χ1v) is 11.2. The monoisotopic (exact) mass is 442 g/mol. The van der Waals surface area contributed by atoms with Crippen LogP contribution in [0.25, 0.3) is 5.69 Å². The van der Waals surface area contributed by atoms with Crippen LogP contribution in [0.4, 0.5) is 13.2 Å². The van der Waals surface area contributed by atoms with Crippen LogP contribution in [0.3, 0.4) is 0 Å². The molecule has 8 heteroatoms. The maximum absolute atomic E-state index is 13.3. The standard InChI is InChI=1S/C23H21F3N4S/c1-2-16-14-31-22-28-20(18-9-3-4-11-27-18)21(30(16)22)19-10-6-12-29(19)17-8-5-7-15(13-17)23(24,25)26/h3-13,16,20-21H,2,14H2,1H3. The molecule has 3 unspecified atom stereocenters. The Kier molecular flexibility index (Phi) is 5.04. The number of amidine groups is 1. The zero-order valence-corrected chi connectivity index (χ0v) is 17.6. The molecule has 31 heavy (non-hydrogen) atoms. The molecule has 0 radical (unpaired) electrons. The molecule has 1 aromatic carbocycles. The first kappa shape index (κ1) is 20.2. The van der Waals surface area contributed by atoms with Crippen molar-refractivity contribution >= 4 is 16.9 Å². The Morgan fingerprint density at radius 3 is 2.71 bits per heavy atom. The highest BCUT2D eigenvalue weighted by Gasteiger charge is 2.46. The summed E-state index contributed by atoms with van der Waals surface area (Å²) in [4.78, 5) is 11.9. The summed E-state index contributed by atoms with van der Waals surface area (Å²) < 4.78 is 41.8. The van der Waals surface area contributed by atoms with Crippen molar-refractivity contribution in [3.63, 3.8) is 0 Å². The van der Waals surface area contributed by atoms with E-state index in [9.17, 15) is 13.2 Å². The number of aromatic nitrogens is 2. The number of fused-ring (bicyclic) bond motifs is 1. The van der Waals surface area contributed by atoms with Gasteiger partial charge < -0.3 is 9.47 Å². The van der Waals surface area contributed by atoms with Gasteiger partial charge in [0.25, 0.3) is 0 Å². The second-order valence-electron chi connectivity index (χ2n) is 7.69. The minimum atomic E-state index is -4.39. The highest BCUT2D eigenvalue weighted by atomic mass is 32.2. The van der Waals surface area contributed by atoms with Crippen molar-refractivity contribution in [2.24, 2.45) is 4.99 Å². The van der Waals surface area contributed by atoms with Crippen molar-refractivity contribution in [1.29, 1.82) is 0 Å². The van der Waals surface area contributed by atoms with Crippen LogP contribution in [0.5, 0.6) is 0 Å². The molecule has 3 aromatic rings. The van der Waals surface area contributed by atoms with Gasteiger partial charge in [0.15, 0.2) is 5.17 Å². The summed E-state index contributed by atoms with van der Waals surface area (Å²) in [6, 6.07) is 15.1. The fourth-order valence-electron chi connectivity index (χ4n) is 4.37. The van der Waals surface area contributed by atoms with Gasteiger partial charge in [0.2, 0.25) is 0 Å². The van der Waals surface area contributed by atoms with Gasteiger partial charge in [-0.15, -0.1) is 0 Å². The number of thioether (sulfide) groups is 1. The molecule has 2 aliphatic rings. The maximum Gasteiger partial charge on any atom is 0.416 e. The maximum atomic E-state index is 13.3. The number of hydrogen-bond donors (Lipinski definition) is 0. The fourth-order valence-corrected chi connectivity index (χ4v) is 5.71. The van der Waals surface area contributed by atoms with Crippen molar-refractivity contribution in [2.75, 3.05) is 5.75 Å². The van der Waals surface area contributed by atoms with E-state index >= 15 is 0 Å². The third-order valence-corrected chi connectivity index (χ3v) is 6.99. The van der Waals surface area contributed by atoms with Gasteiger partial charge in [-0.25, -0.2) is 0 Å². The largest absolute Gasteiger partial charge is 0.416 e. The quantitative estimate of drug-likeness (QED) is 0.507. The van der Waals surface area contributed by atoms with E-state index in [-0.39, 0.29) is 12.1 Å². The normalized spacial score (nSPS) is 23.2. The first-order chi connectivity index (χ1) is 15.0. The van der Waals surface area contributed by atoms with E-state index in [0.717, 1.165) is 34.8 Å². The summed E-state index contributed by atoms with van der Waals surface area (Å²) in [5.74, 6) is 0.963. The third kappa shape index (κ3) is 3.52. The zero-order valence-electron chi connectivity index (χ0n) is 16.8. The predicted octanol–water partition coefficient (Wildman–Crippen LogP) is 5.87. The lowest BCUT2D eigenvalue weighted by Crippen LogP contribution is -2.36. The van der Waals surface area contributed by atoms with Crippen LogP contribution in [0.1, 0.15) is 42.4 Å². The van der Waals surface area contributed by atoms with E-state index in [1.165, 1.54) is 12.1 Å². The number of benzene rings is 1. The molecule has 3 atom stereocenters. The van der Waals surface area contributed by atoms with Crippen molar-refractivity contribution in [3.05, 3.63) is 83.9 Å². The Hall–Kier alpha value is -2.74. The Morgan fingerprint density at radius 1 is 1.10 bits per heavy atom. The average molecular weight is 443 g/mol. The van der Waals surface area contributed by atoms with Crippen LogP contribution in [0, 0.1) is 0 Å². The smallest absolute Gasteiger partial charge is 0.337 e. The molecule has 1 saturated heterocycles. The van der Waals surface area contributed by atoms with Gasteiger partial charge in [-0.1, -0.05) is 30.8 Å². The van der Waals surface area contributed by atoms with Crippen molar-refractivity contribution in [2.45, 2.75) is 37.6 Å². The van der Waals surface area contributed by atoms with E-state index in [1.807, 2.05) is 41.1 Å². The fraction of sp³-hybridized carbons (Fsp3) is 0.304. The second-order valence-corrected chi connectivity index (χ2v) is 8.67. The number of hydrogen-bond acceptors (Lipinski definition) is 4. The molecule has 0 bridgehead atoms. The summed E-state index contributed by atoms with van der Waals surface area (Å²) in [7, 11) is 0. The summed E-state index contributed by atoms with van der Waals surface area (Å²) in [6.07, 6.45) is 0.166. The molecule has 1 fully saturated rings. The number of rotatable bonds is 4. The van der Waals surface area contributed by atoms with E-state index in [0.29, 0.717) is 11.7 Å². The Morgan fingerprint density at radius 2 is 1.97 bits per heavy atom. The van der Waals surface area contributed by atoms with Gasteiger partial charge in [-0.2, -0.15) is 13.2 Å². The van der Waals surface area contributed by atoms with Gasteiger partial charge in [-0.3, -0.25) is 9.98 Å². The molecule has 2 aromatic heterocycles. The predicted molar refractivity (Wildman–Crippen MR) is 116 cm³/mol. The van der Waals surface area contributed by atoms with Gasteiger partial charge in [0.05, 0.1) is 11.3 Å². The van der Waals surface area contributed by atoms with Gasteiger partial charge in [0.1, 0.15) is 12.1 Å². The Bertz CT molecular complexity index is 1110. The molecule has 160 valence electrons. The summed E-state index contributed by atoms with van der Waals surface area (Å²) >= 11 is 1.74. The van der Waals surface area contributed by atoms with Gasteiger partial charge in [0, 0.05) is 35.6 Å². The minimum absolute atomic E-state index is 0.130. The lowest BCUT2D eigenvalue weighted by molar-refractivity contribution is -0.137. The van der Waals surface area contributed by atoms with E-state index in [2.05, 4.69) is 16.8 Å². The SMILES string of the molecule is CCC1CSC2=NC(c3ccccn3)C(c3cccn3-c3cccc(C(F)(F)F)c3)N21. The average Bonchev–Trinajstić information content (AvgIpc) is 3.48. The molecule has 0 N–H and O–H groups in total. The van der Waals surface area contributed by atoms with E-state index < -0.39 is 11.7 Å². The molecule has 4 nitrogen and oxygen atoms in total. The van der Waals surface area contributed by atoms with Crippen molar-refractivity contribution in [3.8, 4) is 5.69 Å². The molecule has 0 amide bonds. The van der Waals surface area contributed by atoms with Crippen LogP contribution < -0.4 is 0 Å². The number of pyridine rings is 1. The van der Waals surface area contributed by atoms with Crippen molar-refractivity contribution in [1.82, 2.24) is 14.5 Å². The van der Waals surface area contributed by atoms with E-state index in [4.69, 9.17) is 4.99 Å². The van der Waals surface area contributed by atoms with Crippen LogP contribution in [-0.2, 0) is 6.18 Å². The van der Waals surface area contributed by atoms with E-state index in [1.54, 1.807) is 24.0 Å². The lowest BCUT2D eigenvalue weighted by Gasteiger charge is -2.32.